The molecule has 1 unspecified atom stereocenters. The molecule has 4 heteroatoms. The van der Waals surface area contributed by atoms with Gasteiger partial charge >= 0.3 is 0 Å². The summed E-state index contributed by atoms with van der Waals surface area (Å²) in [7, 11) is 0. The van der Waals surface area contributed by atoms with E-state index in [1.807, 2.05) is 18.2 Å². The van der Waals surface area contributed by atoms with E-state index >= 15 is 0 Å². The van der Waals surface area contributed by atoms with Crippen molar-refractivity contribution >= 4 is 23.2 Å². The van der Waals surface area contributed by atoms with E-state index < -0.39 is 0 Å². The molecule has 0 bridgehead atoms. The molecule has 112 valence electrons. The number of hydrogen-bond donors (Lipinski definition) is 2. The first-order valence-electron chi connectivity index (χ1n) is 7.59. The van der Waals surface area contributed by atoms with Gasteiger partial charge in [-0.3, -0.25) is 11.3 Å². The minimum atomic E-state index is 0.246. The molecule has 3 N–H and O–H groups in total. The van der Waals surface area contributed by atoms with E-state index in [-0.39, 0.29) is 6.04 Å². The van der Waals surface area contributed by atoms with E-state index in [2.05, 4.69) is 5.43 Å². The number of nitrogens with two attached hydrogens (primary N) is 1. The maximum atomic E-state index is 6.25. The molecule has 1 saturated carbocycles. The third-order valence-electron chi connectivity index (χ3n) is 4.34. The van der Waals surface area contributed by atoms with Crippen LogP contribution in [0.5, 0.6) is 0 Å². The van der Waals surface area contributed by atoms with Gasteiger partial charge in [0.1, 0.15) is 0 Å². The molecule has 1 fully saturated rings. The highest BCUT2D eigenvalue weighted by Gasteiger charge is 2.19. The molecule has 1 aromatic rings. The summed E-state index contributed by atoms with van der Waals surface area (Å²) in [6, 6.07) is 5.91. The summed E-state index contributed by atoms with van der Waals surface area (Å²) in [5, 5.41) is 1.47. The lowest BCUT2D eigenvalue weighted by Crippen LogP contribution is -2.38. The molecule has 0 radical (unpaired) electrons. The average molecular weight is 315 g/mol. The molecule has 1 aliphatic carbocycles. The Hall–Kier alpha value is -0.280. The summed E-state index contributed by atoms with van der Waals surface area (Å²) in [5.41, 5.74) is 3.96. The van der Waals surface area contributed by atoms with Gasteiger partial charge in [-0.1, -0.05) is 67.8 Å². The van der Waals surface area contributed by atoms with Crippen LogP contribution in [-0.2, 0) is 6.42 Å². The van der Waals surface area contributed by atoms with Gasteiger partial charge in [-0.15, -0.1) is 0 Å². The van der Waals surface area contributed by atoms with Crippen molar-refractivity contribution in [3.8, 4) is 0 Å². The second-order valence-electron chi connectivity index (χ2n) is 5.86. The molecular formula is C16H24Cl2N2. The van der Waals surface area contributed by atoms with Gasteiger partial charge in [-0.25, -0.2) is 0 Å². The maximum Gasteiger partial charge on any atom is 0.0453 e. The molecule has 2 nitrogen and oxygen atoms in total. The van der Waals surface area contributed by atoms with Gasteiger partial charge in [-0.2, -0.15) is 0 Å². The Morgan fingerprint density at radius 2 is 1.70 bits per heavy atom. The lowest BCUT2D eigenvalue weighted by Gasteiger charge is -2.23. The van der Waals surface area contributed by atoms with E-state index in [4.69, 9.17) is 29.0 Å². The van der Waals surface area contributed by atoms with Gasteiger partial charge in [0, 0.05) is 16.1 Å². The van der Waals surface area contributed by atoms with E-state index in [0.29, 0.717) is 0 Å². The van der Waals surface area contributed by atoms with Crippen molar-refractivity contribution in [1.29, 1.82) is 0 Å². The minimum Gasteiger partial charge on any atom is -0.271 e. The number of hydrazine groups is 1. The van der Waals surface area contributed by atoms with Crippen molar-refractivity contribution in [1.82, 2.24) is 5.43 Å². The highest BCUT2D eigenvalue weighted by atomic mass is 35.5. The number of halogens is 2. The molecule has 1 aromatic carbocycles. The van der Waals surface area contributed by atoms with Crippen molar-refractivity contribution in [3.63, 3.8) is 0 Å². The summed E-state index contributed by atoms with van der Waals surface area (Å²) in [4.78, 5) is 0. The smallest absolute Gasteiger partial charge is 0.0453 e. The van der Waals surface area contributed by atoms with Crippen LogP contribution in [0.4, 0.5) is 0 Å². The lowest BCUT2D eigenvalue weighted by molar-refractivity contribution is 0.352. The van der Waals surface area contributed by atoms with Gasteiger partial charge < -0.3 is 0 Å². The largest absolute Gasteiger partial charge is 0.271 e. The molecule has 0 saturated heterocycles. The second-order valence-corrected chi connectivity index (χ2v) is 6.68. The molecule has 1 aliphatic rings. The maximum absolute atomic E-state index is 6.25. The molecule has 0 amide bonds. The van der Waals surface area contributed by atoms with Crippen LogP contribution in [-0.4, -0.2) is 6.04 Å². The summed E-state index contributed by atoms with van der Waals surface area (Å²) in [6.45, 7) is 0. The summed E-state index contributed by atoms with van der Waals surface area (Å²) < 4.78 is 0. The normalized spacial score (nSPS) is 18.8. The Balaban J connectivity index is 1.97. The fourth-order valence-corrected chi connectivity index (χ4v) is 3.74. The van der Waals surface area contributed by atoms with Crippen LogP contribution in [0.3, 0.4) is 0 Å². The van der Waals surface area contributed by atoms with Crippen molar-refractivity contribution < 1.29 is 0 Å². The number of benzene rings is 1. The van der Waals surface area contributed by atoms with Crippen molar-refractivity contribution in [3.05, 3.63) is 33.8 Å². The first-order valence-corrected chi connectivity index (χ1v) is 8.35. The minimum absolute atomic E-state index is 0.246. The Morgan fingerprint density at radius 3 is 2.25 bits per heavy atom. The molecule has 0 heterocycles. The molecule has 2 rings (SSSR count). The molecule has 0 aromatic heterocycles. The third-order valence-corrected chi connectivity index (χ3v) is 5.05. The number of hydrogen-bond acceptors (Lipinski definition) is 2. The molecule has 20 heavy (non-hydrogen) atoms. The highest BCUT2D eigenvalue weighted by molar-refractivity contribution is 6.35. The molecule has 0 spiro atoms. The van der Waals surface area contributed by atoms with Crippen LogP contribution < -0.4 is 11.3 Å². The number of nitrogens with one attached hydrogen (secondary N) is 1. The van der Waals surface area contributed by atoms with Crippen LogP contribution in [0, 0.1) is 5.92 Å². The van der Waals surface area contributed by atoms with E-state index in [1.165, 1.54) is 38.5 Å². The Morgan fingerprint density at radius 1 is 1.10 bits per heavy atom. The summed E-state index contributed by atoms with van der Waals surface area (Å²) in [5.74, 6) is 6.52. The van der Waals surface area contributed by atoms with Gasteiger partial charge in [0.2, 0.25) is 0 Å². The van der Waals surface area contributed by atoms with E-state index in [1.54, 1.807) is 0 Å². The zero-order valence-electron chi connectivity index (χ0n) is 11.9. The van der Waals surface area contributed by atoms with Gasteiger partial charge in [0.05, 0.1) is 0 Å². The quantitative estimate of drug-likeness (QED) is 0.468. The monoisotopic (exact) mass is 314 g/mol. The third kappa shape index (κ3) is 4.63. The molecule has 1 atom stereocenters. The van der Waals surface area contributed by atoms with Crippen LogP contribution in [0.15, 0.2) is 18.2 Å². The lowest BCUT2D eigenvalue weighted by atomic mass is 9.90. The average Bonchev–Trinajstić information content (AvgIpc) is 2.70. The Bertz CT molecular complexity index is 395. The topological polar surface area (TPSA) is 38.0 Å². The highest BCUT2D eigenvalue weighted by Crippen LogP contribution is 2.30. The molecular weight excluding hydrogens is 291 g/mol. The van der Waals surface area contributed by atoms with Crippen LogP contribution in [0.2, 0.25) is 10.0 Å². The van der Waals surface area contributed by atoms with Gasteiger partial charge in [-0.05, 0) is 36.5 Å². The van der Waals surface area contributed by atoms with Crippen molar-refractivity contribution in [2.24, 2.45) is 11.8 Å². The second kappa shape index (κ2) is 8.23. The fourth-order valence-electron chi connectivity index (χ4n) is 3.19. The van der Waals surface area contributed by atoms with Crippen molar-refractivity contribution in [2.75, 3.05) is 0 Å². The summed E-state index contributed by atoms with van der Waals surface area (Å²) >= 11 is 12.5. The number of rotatable bonds is 5. The fraction of sp³-hybridized carbons (Fsp3) is 0.625. The van der Waals surface area contributed by atoms with Gasteiger partial charge in [0.25, 0.3) is 0 Å². The molecule has 0 aliphatic heterocycles. The standard InChI is InChI=1S/C16H24Cl2N2/c17-15-8-5-9-16(18)14(15)11-13(20-19)10-12-6-3-1-2-4-7-12/h5,8-9,12-13,20H,1-4,6-7,10-11,19H2. The zero-order valence-corrected chi connectivity index (χ0v) is 13.4. The van der Waals surface area contributed by atoms with Crippen molar-refractivity contribution in [2.45, 2.75) is 57.4 Å². The van der Waals surface area contributed by atoms with Crippen LogP contribution in [0.1, 0.15) is 50.5 Å². The zero-order chi connectivity index (χ0) is 14.4. The van der Waals surface area contributed by atoms with Gasteiger partial charge in [0.15, 0.2) is 0 Å². The predicted molar refractivity (Wildman–Crippen MR) is 87.1 cm³/mol. The van der Waals surface area contributed by atoms with E-state index in [9.17, 15) is 0 Å². The Kier molecular flexibility index (Phi) is 6.63. The Labute approximate surface area is 132 Å². The van der Waals surface area contributed by atoms with E-state index in [0.717, 1.165) is 34.4 Å². The SMILES string of the molecule is NNC(Cc1c(Cl)cccc1Cl)CC1CCCCCC1. The first-order chi connectivity index (χ1) is 9.70. The predicted octanol–water partition coefficient (Wildman–Crippen LogP) is 4.73. The first kappa shape index (κ1) is 16.1. The van der Waals surface area contributed by atoms with Crippen LogP contribution in [0.25, 0.3) is 0 Å². The summed E-state index contributed by atoms with van der Waals surface area (Å²) in [6.07, 6.45) is 10.0. The van der Waals surface area contributed by atoms with Crippen LogP contribution >= 0.6 is 23.2 Å².